The molecule has 5 nitrogen and oxygen atoms in total. The highest BCUT2D eigenvalue weighted by Gasteiger charge is 2.25. The lowest BCUT2D eigenvalue weighted by molar-refractivity contribution is 0.222. The summed E-state index contributed by atoms with van der Waals surface area (Å²) in [6.45, 7) is 11.1. The summed E-state index contributed by atoms with van der Waals surface area (Å²) in [5.74, 6) is 2.71. The lowest BCUT2D eigenvalue weighted by atomic mass is 9.88. The van der Waals surface area contributed by atoms with E-state index in [4.69, 9.17) is 14.2 Å². The number of benzene rings is 2. The van der Waals surface area contributed by atoms with Crippen LogP contribution in [-0.4, -0.2) is 51.9 Å². The van der Waals surface area contributed by atoms with E-state index in [0.717, 1.165) is 61.0 Å². The number of hydrogen-bond donors (Lipinski definition) is 1. The first-order valence-corrected chi connectivity index (χ1v) is 10.5. The molecule has 1 unspecified atom stereocenters. The largest absolute Gasteiger partial charge is 0.496 e. The predicted octanol–water partition coefficient (Wildman–Crippen LogP) is 3.97. The molecule has 0 spiro atoms. The molecule has 0 aromatic heterocycles. The van der Waals surface area contributed by atoms with Gasteiger partial charge >= 0.3 is 0 Å². The molecule has 2 aromatic rings. The zero-order valence-corrected chi connectivity index (χ0v) is 18.4. The molecule has 0 radical (unpaired) electrons. The molecule has 3 rings (SSSR count). The molecule has 2 aromatic carbocycles. The normalized spacial score (nSPS) is 15.9. The van der Waals surface area contributed by atoms with Crippen LogP contribution in [0.1, 0.15) is 42.1 Å². The highest BCUT2D eigenvalue weighted by molar-refractivity contribution is 5.52. The standard InChI is InChI=1S/C24H34N2O3/c1-6-26(7-2)12-13-29-19-8-9-20-18(15-19)10-11-25-24(20)21-16-22(27-4)17(3)14-23(21)28-5/h8-9,14-16,24-25H,6-7,10-13H2,1-5H3. The Kier molecular flexibility index (Phi) is 7.40. The maximum atomic E-state index is 6.04. The van der Waals surface area contributed by atoms with Crippen LogP contribution in [0.25, 0.3) is 0 Å². The van der Waals surface area contributed by atoms with Crippen LogP contribution in [-0.2, 0) is 6.42 Å². The second-order valence-corrected chi connectivity index (χ2v) is 7.44. The fourth-order valence-corrected chi connectivity index (χ4v) is 4.04. The fourth-order valence-electron chi connectivity index (χ4n) is 4.04. The van der Waals surface area contributed by atoms with Crippen molar-refractivity contribution in [1.82, 2.24) is 10.2 Å². The monoisotopic (exact) mass is 398 g/mol. The summed E-state index contributed by atoms with van der Waals surface area (Å²) in [5.41, 5.74) is 4.78. The van der Waals surface area contributed by atoms with Crippen LogP contribution < -0.4 is 19.5 Å². The number of ether oxygens (including phenoxy) is 3. The molecule has 1 heterocycles. The van der Waals surface area contributed by atoms with Crippen LogP contribution in [0, 0.1) is 6.92 Å². The minimum Gasteiger partial charge on any atom is -0.496 e. The summed E-state index contributed by atoms with van der Waals surface area (Å²) in [6, 6.07) is 10.7. The molecule has 0 aliphatic carbocycles. The summed E-state index contributed by atoms with van der Waals surface area (Å²) in [4.78, 5) is 2.37. The fraction of sp³-hybridized carbons (Fsp3) is 0.500. The maximum absolute atomic E-state index is 6.04. The number of nitrogens with zero attached hydrogens (tertiary/aromatic N) is 1. The van der Waals surface area contributed by atoms with Crippen molar-refractivity contribution in [1.29, 1.82) is 0 Å². The van der Waals surface area contributed by atoms with Gasteiger partial charge in [0.2, 0.25) is 0 Å². The Bertz CT molecular complexity index is 818. The van der Waals surface area contributed by atoms with Gasteiger partial charge in [-0.25, -0.2) is 0 Å². The minimum atomic E-state index is 0.0768. The van der Waals surface area contributed by atoms with Crippen LogP contribution >= 0.6 is 0 Å². The number of hydrogen-bond acceptors (Lipinski definition) is 5. The number of methoxy groups -OCH3 is 2. The Hall–Kier alpha value is -2.24. The summed E-state index contributed by atoms with van der Waals surface area (Å²) in [5, 5.41) is 3.65. The van der Waals surface area contributed by atoms with E-state index in [1.807, 2.05) is 6.92 Å². The lowest BCUT2D eigenvalue weighted by Gasteiger charge is -2.29. The van der Waals surface area contributed by atoms with Gasteiger partial charge in [-0.3, -0.25) is 0 Å². The van der Waals surface area contributed by atoms with Gasteiger partial charge in [0.1, 0.15) is 23.9 Å². The predicted molar refractivity (Wildman–Crippen MR) is 118 cm³/mol. The van der Waals surface area contributed by atoms with Crippen molar-refractivity contribution >= 4 is 0 Å². The Morgan fingerprint density at radius 1 is 1.00 bits per heavy atom. The molecule has 1 atom stereocenters. The van der Waals surface area contributed by atoms with Gasteiger partial charge in [0, 0.05) is 18.7 Å². The molecule has 1 aliphatic heterocycles. The van der Waals surface area contributed by atoms with E-state index in [1.54, 1.807) is 14.2 Å². The topological polar surface area (TPSA) is 43.0 Å². The van der Waals surface area contributed by atoms with E-state index in [0.29, 0.717) is 6.61 Å². The Balaban J connectivity index is 1.83. The van der Waals surface area contributed by atoms with E-state index >= 15 is 0 Å². The molecular formula is C24H34N2O3. The van der Waals surface area contributed by atoms with Gasteiger partial charge < -0.3 is 24.4 Å². The van der Waals surface area contributed by atoms with Crippen molar-refractivity contribution in [2.75, 3.05) is 47.0 Å². The second-order valence-electron chi connectivity index (χ2n) is 7.44. The van der Waals surface area contributed by atoms with Gasteiger partial charge in [0.15, 0.2) is 0 Å². The van der Waals surface area contributed by atoms with Gasteiger partial charge in [0.25, 0.3) is 0 Å². The first kappa shape index (κ1) is 21.5. The van der Waals surface area contributed by atoms with Crippen molar-refractivity contribution in [2.24, 2.45) is 0 Å². The van der Waals surface area contributed by atoms with E-state index in [-0.39, 0.29) is 6.04 Å². The highest BCUT2D eigenvalue weighted by atomic mass is 16.5. The molecule has 0 bridgehead atoms. The molecule has 158 valence electrons. The van der Waals surface area contributed by atoms with Gasteiger partial charge in [-0.1, -0.05) is 19.9 Å². The van der Waals surface area contributed by atoms with E-state index < -0.39 is 0 Å². The van der Waals surface area contributed by atoms with Crippen molar-refractivity contribution in [3.8, 4) is 17.2 Å². The lowest BCUT2D eigenvalue weighted by Crippen LogP contribution is -2.31. The quantitative estimate of drug-likeness (QED) is 0.692. The summed E-state index contributed by atoms with van der Waals surface area (Å²) >= 11 is 0. The number of rotatable bonds is 9. The smallest absolute Gasteiger partial charge is 0.124 e. The number of likely N-dealkylation sites (N-methyl/N-ethyl adjacent to an activating group) is 1. The van der Waals surface area contributed by atoms with E-state index in [2.05, 4.69) is 54.4 Å². The van der Waals surface area contributed by atoms with Gasteiger partial charge in [-0.15, -0.1) is 0 Å². The summed E-state index contributed by atoms with van der Waals surface area (Å²) in [7, 11) is 3.43. The summed E-state index contributed by atoms with van der Waals surface area (Å²) in [6.07, 6.45) is 0.990. The van der Waals surface area contributed by atoms with Crippen LogP contribution in [0.3, 0.4) is 0 Å². The third-order valence-electron chi connectivity index (χ3n) is 5.80. The summed E-state index contributed by atoms with van der Waals surface area (Å²) < 4.78 is 17.3. The van der Waals surface area contributed by atoms with Gasteiger partial charge in [-0.2, -0.15) is 0 Å². The zero-order valence-electron chi connectivity index (χ0n) is 18.4. The first-order chi connectivity index (χ1) is 14.1. The molecule has 1 N–H and O–H groups in total. The average Bonchev–Trinajstić information content (AvgIpc) is 2.76. The molecule has 5 heteroatoms. The van der Waals surface area contributed by atoms with E-state index in [1.165, 1.54) is 11.1 Å². The Labute approximate surface area is 175 Å². The minimum absolute atomic E-state index is 0.0768. The molecule has 1 aliphatic rings. The molecule has 29 heavy (non-hydrogen) atoms. The van der Waals surface area contributed by atoms with Crippen molar-refractivity contribution in [2.45, 2.75) is 33.2 Å². The van der Waals surface area contributed by atoms with Crippen molar-refractivity contribution < 1.29 is 14.2 Å². The molecule has 0 amide bonds. The Morgan fingerprint density at radius 3 is 2.45 bits per heavy atom. The van der Waals surface area contributed by atoms with Crippen LogP contribution in [0.4, 0.5) is 0 Å². The third-order valence-corrected chi connectivity index (χ3v) is 5.80. The van der Waals surface area contributed by atoms with Crippen molar-refractivity contribution in [3.63, 3.8) is 0 Å². The Morgan fingerprint density at radius 2 is 1.76 bits per heavy atom. The van der Waals surface area contributed by atoms with Gasteiger partial charge in [0.05, 0.1) is 20.3 Å². The number of fused-ring (bicyclic) bond motifs is 1. The zero-order chi connectivity index (χ0) is 20.8. The molecular weight excluding hydrogens is 364 g/mol. The molecule has 0 saturated heterocycles. The van der Waals surface area contributed by atoms with Crippen LogP contribution in [0.5, 0.6) is 17.2 Å². The number of aryl methyl sites for hydroxylation is 1. The average molecular weight is 399 g/mol. The van der Waals surface area contributed by atoms with Crippen LogP contribution in [0.2, 0.25) is 0 Å². The van der Waals surface area contributed by atoms with Crippen molar-refractivity contribution in [3.05, 3.63) is 52.6 Å². The first-order valence-electron chi connectivity index (χ1n) is 10.5. The third kappa shape index (κ3) is 4.85. The molecule has 0 saturated carbocycles. The van der Waals surface area contributed by atoms with Gasteiger partial charge in [-0.05, 0) is 67.4 Å². The highest BCUT2D eigenvalue weighted by Crippen LogP contribution is 2.38. The van der Waals surface area contributed by atoms with E-state index in [9.17, 15) is 0 Å². The van der Waals surface area contributed by atoms with Crippen LogP contribution in [0.15, 0.2) is 30.3 Å². The SMILES string of the molecule is CCN(CC)CCOc1ccc2c(c1)CCNC2c1cc(OC)c(C)cc1OC. The number of nitrogens with one attached hydrogen (secondary N) is 1. The second kappa shape index (κ2) is 9.99. The molecule has 0 fully saturated rings. The maximum Gasteiger partial charge on any atom is 0.124 e.